The van der Waals surface area contributed by atoms with Crippen LogP contribution in [0.25, 0.3) is 0 Å². The Balaban J connectivity index is 0.000000125. The van der Waals surface area contributed by atoms with Gasteiger partial charge in [0.25, 0.3) is 0 Å². The summed E-state index contributed by atoms with van der Waals surface area (Å²) in [5.41, 5.74) is 15.5. The van der Waals surface area contributed by atoms with Crippen LogP contribution in [-0.2, 0) is 56.5 Å². The fraction of sp³-hybridized carbons (Fsp3) is 0.514. The van der Waals surface area contributed by atoms with E-state index in [1.54, 1.807) is 11.8 Å². The van der Waals surface area contributed by atoms with Gasteiger partial charge in [-0.2, -0.15) is 0 Å². The number of aryl methyl sites for hydroxylation is 6. The van der Waals surface area contributed by atoms with Crippen LogP contribution in [0.15, 0.2) is 177 Å². The van der Waals surface area contributed by atoms with E-state index in [-0.39, 0.29) is 52.2 Å². The summed E-state index contributed by atoms with van der Waals surface area (Å²) in [6.07, 6.45) is 13.1. The number of hydrogen-bond donors (Lipinski definition) is 0. The smallest absolute Gasteiger partial charge is 0.127 e. The molecule has 698 valence electrons. The van der Waals surface area contributed by atoms with Gasteiger partial charge in [0.05, 0.1) is 66.1 Å². The average Bonchev–Trinajstić information content (AvgIpc) is 1.59. The summed E-state index contributed by atoms with van der Waals surface area (Å²) in [5, 5.41) is 0. The van der Waals surface area contributed by atoms with Crippen molar-refractivity contribution in [2.24, 2.45) is 23.7 Å². The highest BCUT2D eigenvalue weighted by Gasteiger charge is 2.35. The zero-order valence-corrected chi connectivity index (χ0v) is 81.9. The Kier molecular flexibility index (Phi) is 31.7. The summed E-state index contributed by atoms with van der Waals surface area (Å²) in [6.45, 7) is 52.2. The Morgan fingerprint density at radius 1 is 0.246 bits per heavy atom. The molecular formula is C111H140O17S2. The van der Waals surface area contributed by atoms with Crippen LogP contribution < -0.4 is 52.1 Å². The van der Waals surface area contributed by atoms with E-state index < -0.39 is 0 Å². The monoisotopic (exact) mass is 1810 g/mol. The Hall–Kier alpha value is -8.76. The van der Waals surface area contributed by atoms with Crippen LogP contribution in [0.5, 0.6) is 69.0 Å². The van der Waals surface area contributed by atoms with Crippen LogP contribution in [0.3, 0.4) is 0 Å². The van der Waals surface area contributed by atoms with Crippen molar-refractivity contribution < 1.29 is 80.5 Å². The second-order valence-corrected chi connectivity index (χ2v) is 43.3. The van der Waals surface area contributed by atoms with Crippen LogP contribution in [0.1, 0.15) is 201 Å². The second-order valence-electron chi connectivity index (χ2n) is 41.1. The third-order valence-electron chi connectivity index (χ3n) is 24.2. The Bertz CT molecular complexity index is 4690. The van der Waals surface area contributed by atoms with Crippen LogP contribution in [-0.4, -0.2) is 142 Å². The van der Waals surface area contributed by atoms with Crippen molar-refractivity contribution in [3.05, 3.63) is 224 Å². The summed E-state index contributed by atoms with van der Waals surface area (Å²) >= 11 is 3.65. The minimum Gasteiger partial charge on any atom is -0.493 e. The Morgan fingerprint density at radius 2 is 0.469 bits per heavy atom. The van der Waals surface area contributed by atoms with E-state index in [0.717, 1.165) is 165 Å². The quantitative estimate of drug-likeness (QED) is 0.0334. The first-order valence-corrected chi connectivity index (χ1v) is 49.0. The maximum atomic E-state index is 6.18. The van der Waals surface area contributed by atoms with Crippen LogP contribution in [0.4, 0.5) is 0 Å². The van der Waals surface area contributed by atoms with Crippen LogP contribution in [0, 0.1) is 65.2 Å². The molecule has 0 N–H and O–H groups in total. The lowest BCUT2D eigenvalue weighted by molar-refractivity contribution is 0.249. The van der Waals surface area contributed by atoms with Crippen molar-refractivity contribution in [2.75, 3.05) is 106 Å². The van der Waals surface area contributed by atoms with Gasteiger partial charge in [-0.05, 0) is 358 Å². The molecule has 6 saturated heterocycles. The van der Waals surface area contributed by atoms with Gasteiger partial charge in [-0.3, -0.25) is 0 Å². The van der Waals surface area contributed by atoms with Crippen molar-refractivity contribution in [1.29, 1.82) is 0 Å². The zero-order valence-electron chi connectivity index (χ0n) is 80.2. The van der Waals surface area contributed by atoms with Gasteiger partial charge in [0.1, 0.15) is 145 Å². The van der Waals surface area contributed by atoms with Gasteiger partial charge in [0.15, 0.2) is 0 Å². The summed E-state index contributed by atoms with van der Waals surface area (Å²) in [7, 11) is 0. The third kappa shape index (κ3) is 31.2. The maximum absolute atomic E-state index is 6.18. The molecule has 6 aliphatic heterocycles. The maximum Gasteiger partial charge on any atom is 0.127 e. The van der Waals surface area contributed by atoms with E-state index in [9.17, 15) is 0 Å². The lowest BCUT2D eigenvalue weighted by Crippen LogP contribution is -2.20. The van der Waals surface area contributed by atoms with E-state index in [1.807, 2.05) is 72.4 Å². The molecule has 19 heteroatoms. The van der Waals surface area contributed by atoms with E-state index in [1.165, 1.54) is 138 Å². The zero-order chi connectivity index (χ0) is 91.4. The van der Waals surface area contributed by atoms with Crippen molar-refractivity contribution in [1.82, 2.24) is 0 Å². The second kappa shape index (κ2) is 43.1. The number of benzene rings is 9. The number of epoxide rings is 6. The highest BCUT2D eigenvalue weighted by Crippen LogP contribution is 2.49. The SMILES string of the molecule is CC(C)(C)c1cc(OCC2CO2)c(C(C)(C)C)cc1OCC1CO1.Cc1cc(OCC2CC2)cc(C(C)(C)C)c1Sc1c(C)cc(OCC2CO2)cc1C(C)(C)C.Cc1cc(OCC2CC2)cc(C)c1Cc1c(C)cc(OCC2CO2)cc1C.c1cc(Oc2ccc(OCC3CO3)cc2)ccc1OCC1CC1.c1cc(Sc2ccc(OCC3CO3)cc2)ccc1OCC1CC1. The van der Waals surface area contributed by atoms with E-state index in [2.05, 4.69) is 222 Å². The van der Waals surface area contributed by atoms with Crippen LogP contribution in [0.2, 0.25) is 0 Å². The Labute approximate surface area is 782 Å². The standard InChI is InChI=1S/C29H40O3S.C24H30O3.C20H30O4.C19H20O4.C19H20O3S/c1-18-11-21(30-15-20-9-10-20)13-24(28(3,4)5)26(18)33-27-19(2)12-22(31-16-23-17-32-23)14-25(27)29(6,7)8;1-15-7-20(25-12-19-5-6-19)8-16(2)23(15)11-24-17(3)9-21(10-18(24)4)26-13-22-14-27-22;1-19(2,3)15-7-18(24-12-14-10-22-14)16(20(4,5)6)8-17(15)23-11-13-9-21-13;1-2-14(1)11-20-15-3-7-17(8-4-15)23-18-9-5-16(6-10-18)21-12-19-13-22-19;1-2-14(1)11-20-15-3-7-18(8-4-15)23-19-9-5-16(6-10-19)21-12-17-13-22-17/h11-14,20,23H,9-10,15-17H2,1-8H3;7-10,19,22H,5-6,11-14H2,1-4H3;7-8,13-14H,9-12H2,1-6H3;3-10,14,19H,1-2,11-13H2;3-10,14,17H,1-2,11-13H2. The normalized spacial score (nSPS) is 19.6. The van der Waals surface area contributed by atoms with Crippen molar-refractivity contribution in [2.45, 2.75) is 260 Å². The van der Waals surface area contributed by atoms with Crippen molar-refractivity contribution in [3.8, 4) is 69.0 Å². The molecule has 130 heavy (non-hydrogen) atoms. The van der Waals surface area contributed by atoms with Gasteiger partial charge >= 0.3 is 0 Å². The first kappa shape index (κ1) is 95.8. The molecular weight excluding hydrogens is 1670 g/mol. The number of hydrogen-bond acceptors (Lipinski definition) is 19. The minimum atomic E-state index is -0.0235. The average molecular weight is 1810 g/mol. The fourth-order valence-electron chi connectivity index (χ4n) is 14.7. The van der Waals surface area contributed by atoms with Crippen molar-refractivity contribution >= 4 is 23.5 Å². The summed E-state index contributed by atoms with van der Waals surface area (Å²) in [4.78, 5) is 5.09. The summed E-state index contributed by atoms with van der Waals surface area (Å²) in [5.74, 6) is 14.0. The molecule has 0 radical (unpaired) electrons. The fourth-order valence-corrected chi connectivity index (χ4v) is 17.1. The van der Waals surface area contributed by atoms with Crippen LogP contribution >= 0.6 is 23.5 Å². The highest BCUT2D eigenvalue weighted by atomic mass is 32.2. The molecule has 10 fully saturated rings. The molecule has 4 aliphatic carbocycles. The van der Waals surface area contributed by atoms with Gasteiger partial charge in [-0.25, -0.2) is 0 Å². The van der Waals surface area contributed by atoms with Gasteiger partial charge in [0.2, 0.25) is 0 Å². The lowest BCUT2D eigenvalue weighted by atomic mass is 9.81. The van der Waals surface area contributed by atoms with Gasteiger partial charge in [-0.15, -0.1) is 0 Å². The molecule has 19 rings (SSSR count). The number of ether oxygens (including phenoxy) is 17. The lowest BCUT2D eigenvalue weighted by Gasteiger charge is -2.29. The molecule has 0 amide bonds. The van der Waals surface area contributed by atoms with Crippen molar-refractivity contribution in [3.63, 3.8) is 0 Å². The molecule has 9 aromatic carbocycles. The molecule has 10 aliphatic rings. The molecule has 6 unspecified atom stereocenters. The molecule has 0 aromatic heterocycles. The van der Waals surface area contributed by atoms with E-state index in [4.69, 9.17) is 80.5 Å². The van der Waals surface area contributed by atoms with E-state index >= 15 is 0 Å². The number of rotatable bonds is 38. The highest BCUT2D eigenvalue weighted by molar-refractivity contribution is 7.99. The largest absolute Gasteiger partial charge is 0.493 e. The summed E-state index contributed by atoms with van der Waals surface area (Å²) < 4.78 is 96.3. The van der Waals surface area contributed by atoms with Gasteiger partial charge in [-0.1, -0.05) is 107 Å². The third-order valence-corrected chi connectivity index (χ3v) is 26.7. The Morgan fingerprint density at radius 3 is 0.731 bits per heavy atom. The topological polar surface area (TPSA) is 177 Å². The molecule has 4 saturated carbocycles. The first-order chi connectivity index (χ1) is 62.2. The molecule has 17 nitrogen and oxygen atoms in total. The minimum absolute atomic E-state index is 0.00562. The molecule has 6 atom stereocenters. The summed E-state index contributed by atoms with van der Waals surface area (Å²) in [6, 6.07) is 53.8. The van der Waals surface area contributed by atoms with Gasteiger partial charge < -0.3 is 80.5 Å². The van der Waals surface area contributed by atoms with Gasteiger partial charge in [0, 0.05) is 30.7 Å². The predicted molar refractivity (Wildman–Crippen MR) is 517 cm³/mol. The van der Waals surface area contributed by atoms with E-state index in [0.29, 0.717) is 45.7 Å². The molecule has 6 heterocycles. The molecule has 9 aromatic rings. The predicted octanol–water partition coefficient (Wildman–Crippen LogP) is 25.0. The first-order valence-electron chi connectivity index (χ1n) is 47.4. The molecule has 0 spiro atoms. The molecule has 0 bridgehead atoms.